The van der Waals surface area contributed by atoms with Crippen LogP contribution >= 0.6 is 11.3 Å². The number of aliphatic hydroxyl groups is 1. The van der Waals surface area contributed by atoms with E-state index < -0.39 is 63.7 Å². The second-order valence-electron chi connectivity index (χ2n) is 13.4. The summed E-state index contributed by atoms with van der Waals surface area (Å²) in [5.74, 6) is -2.87. The summed E-state index contributed by atoms with van der Waals surface area (Å²) in [6.45, 7) is 4.44. The minimum atomic E-state index is -4.72. The number of carboxylic acid groups (broad SMARTS) is 1. The van der Waals surface area contributed by atoms with Gasteiger partial charge >= 0.3 is 18.3 Å². The van der Waals surface area contributed by atoms with Crippen molar-refractivity contribution in [1.29, 1.82) is 0 Å². The molecule has 3 unspecified atom stereocenters. The summed E-state index contributed by atoms with van der Waals surface area (Å²) in [6, 6.07) is 7.99. The van der Waals surface area contributed by atoms with Gasteiger partial charge in [0.05, 0.1) is 35.2 Å². The molecule has 2 aromatic heterocycles. The fourth-order valence-electron chi connectivity index (χ4n) is 6.74. The number of amides is 2. The zero-order valence-electron chi connectivity index (χ0n) is 29.7. The predicted octanol–water partition coefficient (Wildman–Crippen LogP) is 7.59. The van der Waals surface area contributed by atoms with Gasteiger partial charge in [-0.3, -0.25) is 19.4 Å². The number of carbonyl (C=O) groups is 3. The van der Waals surface area contributed by atoms with E-state index in [0.29, 0.717) is 60.8 Å². The smallest absolute Gasteiger partial charge is 0.425 e. The molecule has 0 bridgehead atoms. The maximum Gasteiger partial charge on any atom is 0.425 e. The number of para-hydroxylation sites is 1. The van der Waals surface area contributed by atoms with Crippen LogP contribution in [0.1, 0.15) is 85.2 Å². The molecule has 54 heavy (non-hydrogen) atoms. The molecule has 4 heterocycles. The van der Waals surface area contributed by atoms with Crippen molar-refractivity contribution < 1.29 is 60.8 Å². The summed E-state index contributed by atoms with van der Waals surface area (Å²) >= 11 is 0.481. The van der Waals surface area contributed by atoms with E-state index in [1.807, 2.05) is 6.92 Å². The van der Waals surface area contributed by atoms with Crippen molar-refractivity contribution in [3.05, 3.63) is 75.7 Å². The number of thiophene rings is 1. The number of rotatable bonds is 10. The van der Waals surface area contributed by atoms with E-state index in [1.54, 1.807) is 36.1 Å². The number of likely N-dealkylation sites (tertiary alicyclic amines) is 2. The standard InChI is InChI=1S/C32H40F3N3O6.C5H3F3OS/c1-3-7-26-22(8-6-16-38(26)29(40)23-20-36-15-11-24(23)32(33,34)35)28(39)37-17-13-31(43,14-18-37)25-9-4-5-10-27(25)44-19-12-21(2)30(41)42;6-5(7,8)4-1-3(9)2-10-4/h4-5,9-11,15,20-22,26,43H,3,6-8,12-14,16-19H2,1-2H3,(H,41,42);1-2,9H. The lowest BCUT2D eigenvalue weighted by Crippen LogP contribution is -2.55. The van der Waals surface area contributed by atoms with Gasteiger partial charge in [-0.15, -0.1) is 11.3 Å². The Hall–Kier alpha value is -4.38. The van der Waals surface area contributed by atoms with Gasteiger partial charge < -0.3 is 29.9 Å². The van der Waals surface area contributed by atoms with E-state index in [1.165, 1.54) is 4.90 Å². The van der Waals surface area contributed by atoms with Gasteiger partial charge in [0.15, 0.2) is 0 Å². The van der Waals surface area contributed by atoms with E-state index in [2.05, 4.69) is 4.98 Å². The van der Waals surface area contributed by atoms with Gasteiger partial charge in [0, 0.05) is 55.1 Å². The molecule has 3 aromatic rings. The first-order chi connectivity index (χ1) is 25.4. The van der Waals surface area contributed by atoms with E-state index in [9.17, 15) is 45.8 Å². The van der Waals surface area contributed by atoms with Crippen LogP contribution in [-0.4, -0.2) is 80.2 Å². The largest absolute Gasteiger partial charge is 0.507 e. The van der Waals surface area contributed by atoms with Crippen LogP contribution in [0.15, 0.2) is 54.2 Å². The minimum Gasteiger partial charge on any atom is -0.507 e. The van der Waals surface area contributed by atoms with Crippen molar-refractivity contribution in [2.75, 3.05) is 26.2 Å². The lowest BCUT2D eigenvalue weighted by atomic mass is 9.81. The number of nitrogens with zero attached hydrogens (tertiary/aromatic N) is 3. The minimum absolute atomic E-state index is 0.169. The Morgan fingerprint density at radius 1 is 1.06 bits per heavy atom. The summed E-state index contributed by atoms with van der Waals surface area (Å²) in [6.07, 6.45) is -4.21. The van der Waals surface area contributed by atoms with E-state index in [-0.39, 0.29) is 50.7 Å². The molecule has 2 aliphatic heterocycles. The Morgan fingerprint density at radius 2 is 1.74 bits per heavy atom. The molecule has 3 N–H and O–H groups in total. The third kappa shape index (κ3) is 10.4. The number of carboxylic acids is 1. The molecule has 1 aromatic carbocycles. The van der Waals surface area contributed by atoms with Gasteiger partial charge in [-0.2, -0.15) is 26.3 Å². The van der Waals surface area contributed by atoms with Crippen LogP contribution in [0, 0.1) is 11.8 Å². The third-order valence-corrected chi connectivity index (χ3v) is 10.6. The first-order valence-corrected chi connectivity index (χ1v) is 18.4. The predicted molar refractivity (Wildman–Crippen MR) is 186 cm³/mol. The molecule has 2 fully saturated rings. The molecule has 0 saturated carbocycles. The van der Waals surface area contributed by atoms with Crippen molar-refractivity contribution in [2.45, 2.75) is 82.8 Å². The highest BCUT2D eigenvalue weighted by Crippen LogP contribution is 2.40. The highest BCUT2D eigenvalue weighted by molar-refractivity contribution is 7.10. The average Bonchev–Trinajstić information content (AvgIpc) is 3.59. The number of pyridine rings is 1. The number of hydrogen-bond donors (Lipinski definition) is 3. The summed E-state index contributed by atoms with van der Waals surface area (Å²) in [5, 5.41) is 30.3. The Bertz CT molecular complexity index is 1740. The average molecular weight is 788 g/mol. The van der Waals surface area contributed by atoms with Gasteiger partial charge in [0.25, 0.3) is 5.91 Å². The van der Waals surface area contributed by atoms with Crippen LogP contribution in [-0.2, 0) is 27.5 Å². The zero-order valence-corrected chi connectivity index (χ0v) is 30.5. The first-order valence-electron chi connectivity index (χ1n) is 17.5. The van der Waals surface area contributed by atoms with Crippen molar-refractivity contribution in [1.82, 2.24) is 14.8 Å². The molecule has 0 spiro atoms. The fraction of sp³-hybridized carbons (Fsp3) is 0.514. The number of alkyl halides is 6. The number of halogens is 6. The molecule has 2 saturated heterocycles. The van der Waals surface area contributed by atoms with Crippen LogP contribution in [0.3, 0.4) is 0 Å². The van der Waals surface area contributed by atoms with E-state index in [0.717, 1.165) is 23.8 Å². The second kappa shape index (κ2) is 17.8. The molecule has 5 rings (SSSR count). The maximum atomic E-state index is 13.9. The van der Waals surface area contributed by atoms with Gasteiger partial charge in [-0.1, -0.05) is 38.5 Å². The number of aliphatic carboxylic acids is 1. The van der Waals surface area contributed by atoms with Crippen LogP contribution < -0.4 is 4.74 Å². The zero-order chi connectivity index (χ0) is 39.8. The molecule has 2 aliphatic rings. The molecule has 296 valence electrons. The van der Waals surface area contributed by atoms with Gasteiger partial charge in [0.1, 0.15) is 16.4 Å². The third-order valence-electron chi connectivity index (χ3n) is 9.68. The van der Waals surface area contributed by atoms with Crippen molar-refractivity contribution in [2.24, 2.45) is 11.8 Å². The first kappa shape index (κ1) is 42.4. The summed E-state index contributed by atoms with van der Waals surface area (Å²) in [4.78, 5) is 44.6. The molecule has 10 nitrogen and oxygen atoms in total. The Labute approximate surface area is 312 Å². The summed E-state index contributed by atoms with van der Waals surface area (Å²) in [5.41, 5.74) is -2.25. The second-order valence-corrected chi connectivity index (χ2v) is 14.3. The Morgan fingerprint density at radius 3 is 2.31 bits per heavy atom. The van der Waals surface area contributed by atoms with Crippen LogP contribution in [0.4, 0.5) is 26.3 Å². The Kier molecular flexibility index (Phi) is 14.0. The molecule has 0 aliphatic carbocycles. The molecule has 0 radical (unpaired) electrons. The Balaban J connectivity index is 0.000000562. The SMILES string of the molecule is CCCC1C(C(=O)N2CCC(O)(c3ccccc3OCCC(C)C(=O)O)CC2)CCCN1C(=O)c1cnccc1C(F)(F)F.Oc1csc(C(F)(F)F)c1. The number of carbonyl (C=O) groups excluding carboxylic acids is 2. The van der Waals surface area contributed by atoms with Gasteiger partial charge in [0.2, 0.25) is 5.91 Å². The lowest BCUT2D eigenvalue weighted by Gasteiger charge is -2.45. The van der Waals surface area contributed by atoms with E-state index in [4.69, 9.17) is 14.9 Å². The van der Waals surface area contributed by atoms with Crippen LogP contribution in [0.2, 0.25) is 0 Å². The number of aromatic nitrogens is 1. The topological polar surface area (TPSA) is 140 Å². The molecular weight excluding hydrogens is 744 g/mol. The fourth-order valence-corrected chi connectivity index (χ4v) is 7.38. The number of piperidine rings is 2. The summed E-state index contributed by atoms with van der Waals surface area (Å²) < 4.78 is 82.0. The number of ether oxygens (including phenoxy) is 1. The van der Waals surface area contributed by atoms with Crippen molar-refractivity contribution in [3.8, 4) is 11.5 Å². The normalized spacial score (nSPS) is 19.4. The molecular formula is C37H43F6N3O7S. The highest BCUT2D eigenvalue weighted by atomic mass is 32.1. The van der Waals surface area contributed by atoms with Gasteiger partial charge in [-0.05, 0) is 50.7 Å². The maximum absolute atomic E-state index is 13.9. The lowest BCUT2D eigenvalue weighted by molar-refractivity contribution is -0.144. The van der Waals surface area contributed by atoms with Crippen LogP contribution in [0.25, 0.3) is 0 Å². The molecule has 17 heteroatoms. The number of hydrogen-bond acceptors (Lipinski definition) is 8. The summed E-state index contributed by atoms with van der Waals surface area (Å²) in [7, 11) is 0. The highest BCUT2D eigenvalue weighted by Gasteiger charge is 2.45. The quantitative estimate of drug-likeness (QED) is 0.179. The molecule has 3 atom stereocenters. The van der Waals surface area contributed by atoms with Gasteiger partial charge in [-0.25, -0.2) is 0 Å². The number of aromatic hydroxyl groups is 1. The number of benzene rings is 1. The molecule has 2 amide bonds. The van der Waals surface area contributed by atoms with Crippen molar-refractivity contribution in [3.63, 3.8) is 0 Å². The van der Waals surface area contributed by atoms with Crippen LogP contribution in [0.5, 0.6) is 11.5 Å². The van der Waals surface area contributed by atoms with Crippen molar-refractivity contribution >= 4 is 29.1 Å². The van der Waals surface area contributed by atoms with E-state index >= 15 is 0 Å². The monoisotopic (exact) mass is 787 g/mol.